The normalized spacial score (nSPS) is 25.0. The quantitative estimate of drug-likeness (QED) is 0.668. The Morgan fingerprint density at radius 3 is 2.14 bits per heavy atom. The SMILES string of the molecule is CC(C(=O)O)c1ccc(CC2CCCC2=O)cc1.NCC1CCC(C(=O)O)CC1. The van der Waals surface area contributed by atoms with E-state index in [0.29, 0.717) is 18.2 Å². The van der Waals surface area contributed by atoms with E-state index >= 15 is 0 Å². The summed E-state index contributed by atoms with van der Waals surface area (Å²) in [5, 5.41) is 17.6. The lowest BCUT2D eigenvalue weighted by atomic mass is 9.82. The topological polar surface area (TPSA) is 118 Å². The predicted octanol–water partition coefficient (Wildman–Crippen LogP) is 3.62. The molecule has 0 aromatic heterocycles. The van der Waals surface area contributed by atoms with Gasteiger partial charge < -0.3 is 15.9 Å². The molecule has 0 bridgehead atoms. The van der Waals surface area contributed by atoms with E-state index in [9.17, 15) is 14.4 Å². The molecular weight excluding hydrogens is 370 g/mol. The zero-order valence-corrected chi connectivity index (χ0v) is 17.2. The molecule has 2 unspecified atom stereocenters. The maximum atomic E-state index is 11.6. The number of nitrogens with two attached hydrogens (primary N) is 1. The Hall–Kier alpha value is -2.21. The number of Topliss-reactive ketones (excluding diaryl/α,β-unsaturated/α-hetero) is 1. The van der Waals surface area contributed by atoms with Crippen molar-refractivity contribution < 1.29 is 24.6 Å². The van der Waals surface area contributed by atoms with E-state index in [1.165, 1.54) is 0 Å². The molecule has 6 heteroatoms. The van der Waals surface area contributed by atoms with Crippen molar-refractivity contribution in [2.24, 2.45) is 23.5 Å². The summed E-state index contributed by atoms with van der Waals surface area (Å²) in [6, 6.07) is 7.60. The van der Waals surface area contributed by atoms with Crippen LogP contribution in [0.2, 0.25) is 0 Å². The number of ketones is 1. The minimum Gasteiger partial charge on any atom is -0.481 e. The molecule has 2 saturated carbocycles. The van der Waals surface area contributed by atoms with Gasteiger partial charge in [0.05, 0.1) is 11.8 Å². The highest BCUT2D eigenvalue weighted by atomic mass is 16.4. The molecule has 0 radical (unpaired) electrons. The number of hydrogen-bond acceptors (Lipinski definition) is 4. The highest BCUT2D eigenvalue weighted by molar-refractivity contribution is 5.83. The van der Waals surface area contributed by atoms with Gasteiger partial charge in [-0.1, -0.05) is 24.3 Å². The van der Waals surface area contributed by atoms with Gasteiger partial charge in [-0.15, -0.1) is 0 Å². The number of aliphatic carboxylic acids is 2. The monoisotopic (exact) mass is 403 g/mol. The van der Waals surface area contributed by atoms with Crippen LogP contribution in [0.5, 0.6) is 0 Å². The van der Waals surface area contributed by atoms with E-state index in [0.717, 1.165) is 62.5 Å². The highest BCUT2D eigenvalue weighted by Crippen LogP contribution is 2.28. The lowest BCUT2D eigenvalue weighted by Crippen LogP contribution is -2.25. The first-order valence-electron chi connectivity index (χ1n) is 10.6. The minimum absolute atomic E-state index is 0.0993. The standard InChI is InChI=1S/C15H18O3.C8H15NO2/c1-10(15(17)18)12-7-5-11(6-8-12)9-13-3-2-4-14(13)16;9-5-6-1-3-7(4-2-6)8(10)11/h5-8,10,13H,2-4,9H2,1H3,(H,17,18);6-7H,1-5,9H2,(H,10,11). The molecule has 6 nitrogen and oxygen atoms in total. The minimum atomic E-state index is -0.811. The average Bonchev–Trinajstić information content (AvgIpc) is 3.13. The molecule has 1 aromatic rings. The Morgan fingerprint density at radius 2 is 1.69 bits per heavy atom. The van der Waals surface area contributed by atoms with E-state index < -0.39 is 17.9 Å². The highest BCUT2D eigenvalue weighted by Gasteiger charge is 2.25. The molecule has 2 aliphatic rings. The summed E-state index contributed by atoms with van der Waals surface area (Å²) >= 11 is 0. The van der Waals surface area contributed by atoms with Crippen molar-refractivity contribution in [3.63, 3.8) is 0 Å². The van der Waals surface area contributed by atoms with E-state index in [1.807, 2.05) is 24.3 Å². The number of carbonyl (C=O) groups excluding carboxylic acids is 1. The summed E-state index contributed by atoms with van der Waals surface area (Å²) in [5.41, 5.74) is 7.41. The third-order valence-corrected chi connectivity index (χ3v) is 6.29. The molecular formula is C23H33NO5. The fraction of sp³-hybridized carbons (Fsp3) is 0.609. The smallest absolute Gasteiger partial charge is 0.310 e. The second-order valence-corrected chi connectivity index (χ2v) is 8.35. The van der Waals surface area contributed by atoms with Gasteiger partial charge in [-0.25, -0.2) is 0 Å². The Bertz CT molecular complexity index is 692. The molecule has 0 amide bonds. The Balaban J connectivity index is 0.000000234. The van der Waals surface area contributed by atoms with E-state index in [1.54, 1.807) is 6.92 Å². The van der Waals surface area contributed by atoms with Crippen molar-refractivity contribution >= 4 is 17.7 Å². The number of hydrogen-bond donors (Lipinski definition) is 3. The van der Waals surface area contributed by atoms with Crippen LogP contribution in [-0.2, 0) is 20.8 Å². The fourth-order valence-electron chi connectivity index (χ4n) is 4.12. The van der Waals surface area contributed by atoms with Gasteiger partial charge in [0.15, 0.2) is 0 Å². The maximum absolute atomic E-state index is 11.6. The van der Waals surface area contributed by atoms with Crippen LogP contribution < -0.4 is 5.73 Å². The zero-order valence-electron chi connectivity index (χ0n) is 17.2. The summed E-state index contributed by atoms with van der Waals surface area (Å²) in [6.45, 7) is 2.39. The molecule has 29 heavy (non-hydrogen) atoms. The van der Waals surface area contributed by atoms with E-state index in [-0.39, 0.29) is 11.8 Å². The molecule has 1 aromatic carbocycles. The van der Waals surface area contributed by atoms with Gasteiger partial charge in [0.1, 0.15) is 5.78 Å². The van der Waals surface area contributed by atoms with Crippen molar-refractivity contribution in [2.75, 3.05) is 6.54 Å². The number of carboxylic acids is 2. The largest absolute Gasteiger partial charge is 0.481 e. The summed E-state index contributed by atoms with van der Waals surface area (Å²) < 4.78 is 0. The van der Waals surface area contributed by atoms with Crippen LogP contribution in [0.4, 0.5) is 0 Å². The first-order chi connectivity index (χ1) is 13.8. The lowest BCUT2D eigenvalue weighted by molar-refractivity contribution is -0.143. The number of rotatable bonds is 6. The number of carbonyl (C=O) groups is 3. The van der Waals surface area contributed by atoms with Crippen LogP contribution in [0.25, 0.3) is 0 Å². The Kier molecular flexibility index (Phi) is 8.83. The molecule has 160 valence electrons. The molecule has 0 spiro atoms. The van der Waals surface area contributed by atoms with Crippen LogP contribution >= 0.6 is 0 Å². The van der Waals surface area contributed by atoms with Crippen LogP contribution in [0.3, 0.4) is 0 Å². The van der Waals surface area contributed by atoms with Gasteiger partial charge in [0, 0.05) is 12.3 Å². The van der Waals surface area contributed by atoms with Crippen LogP contribution in [-0.4, -0.2) is 34.5 Å². The number of benzene rings is 1. The Morgan fingerprint density at radius 1 is 1.07 bits per heavy atom. The molecule has 0 saturated heterocycles. The third kappa shape index (κ3) is 6.96. The van der Waals surface area contributed by atoms with Crippen molar-refractivity contribution in [2.45, 2.75) is 64.2 Å². The fourth-order valence-corrected chi connectivity index (χ4v) is 4.12. The summed E-state index contributed by atoms with van der Waals surface area (Å²) in [4.78, 5) is 32.9. The van der Waals surface area contributed by atoms with Crippen molar-refractivity contribution in [3.05, 3.63) is 35.4 Å². The molecule has 0 aliphatic heterocycles. The second-order valence-electron chi connectivity index (χ2n) is 8.35. The van der Waals surface area contributed by atoms with Gasteiger partial charge in [0.2, 0.25) is 0 Å². The summed E-state index contributed by atoms with van der Waals surface area (Å²) in [6.07, 6.45) is 7.14. The van der Waals surface area contributed by atoms with E-state index in [4.69, 9.17) is 15.9 Å². The van der Waals surface area contributed by atoms with Gasteiger partial charge in [0.25, 0.3) is 0 Å². The summed E-state index contributed by atoms with van der Waals surface area (Å²) in [5.74, 6) is -0.907. The third-order valence-electron chi connectivity index (χ3n) is 6.29. The summed E-state index contributed by atoms with van der Waals surface area (Å²) in [7, 11) is 0. The van der Waals surface area contributed by atoms with Crippen molar-refractivity contribution in [1.29, 1.82) is 0 Å². The molecule has 2 aliphatic carbocycles. The second kappa shape index (κ2) is 11.1. The van der Waals surface area contributed by atoms with Gasteiger partial charge >= 0.3 is 11.9 Å². The first-order valence-corrected chi connectivity index (χ1v) is 10.6. The molecule has 0 heterocycles. The molecule has 4 N–H and O–H groups in total. The van der Waals surface area contributed by atoms with Crippen LogP contribution in [0.1, 0.15) is 68.9 Å². The maximum Gasteiger partial charge on any atom is 0.310 e. The van der Waals surface area contributed by atoms with Crippen LogP contribution in [0, 0.1) is 17.8 Å². The first kappa shape index (κ1) is 23.1. The van der Waals surface area contributed by atoms with E-state index in [2.05, 4.69) is 0 Å². The van der Waals surface area contributed by atoms with Gasteiger partial charge in [-0.3, -0.25) is 14.4 Å². The van der Waals surface area contributed by atoms with Crippen molar-refractivity contribution in [1.82, 2.24) is 0 Å². The molecule has 3 rings (SSSR count). The predicted molar refractivity (Wildman–Crippen MR) is 111 cm³/mol. The molecule has 2 fully saturated rings. The number of carboxylic acid groups (broad SMARTS) is 2. The Labute approximate surface area is 172 Å². The van der Waals surface area contributed by atoms with Crippen molar-refractivity contribution in [3.8, 4) is 0 Å². The van der Waals surface area contributed by atoms with Gasteiger partial charge in [-0.2, -0.15) is 0 Å². The van der Waals surface area contributed by atoms with Gasteiger partial charge in [-0.05, 0) is 75.5 Å². The average molecular weight is 404 g/mol. The zero-order chi connectivity index (χ0) is 21.4. The molecule has 2 atom stereocenters. The van der Waals surface area contributed by atoms with Crippen LogP contribution in [0.15, 0.2) is 24.3 Å². The lowest BCUT2D eigenvalue weighted by Gasteiger charge is -2.24.